The summed E-state index contributed by atoms with van der Waals surface area (Å²) in [6.07, 6.45) is -0.713. The molecule has 1 aliphatic carbocycles. The Kier molecular flexibility index (Phi) is 7.67. The molecule has 0 bridgehead atoms. The third-order valence-corrected chi connectivity index (χ3v) is 7.31. The number of epoxide rings is 2. The Labute approximate surface area is 211 Å². The van der Waals surface area contributed by atoms with Gasteiger partial charge in [-0.1, -0.05) is 18.7 Å². The number of carbonyl (C=O) groups excluding carboxylic acids is 4. The Morgan fingerprint density at radius 2 is 1.56 bits per heavy atom. The van der Waals surface area contributed by atoms with Gasteiger partial charge in [0.25, 0.3) is 0 Å². The van der Waals surface area contributed by atoms with E-state index >= 15 is 0 Å². The molecule has 0 amide bonds. The number of ketones is 1. The molecule has 0 unspecified atom stereocenters. The topological polar surface area (TPSA) is 121 Å². The first kappa shape index (κ1) is 27.8. The highest BCUT2D eigenvalue weighted by Gasteiger charge is 2.72. The van der Waals surface area contributed by atoms with Crippen LogP contribution in [-0.2, 0) is 42.9 Å². The molecular weight excluding hydrogens is 468 g/mol. The van der Waals surface area contributed by atoms with Crippen LogP contribution in [-0.4, -0.2) is 65.4 Å². The van der Waals surface area contributed by atoms with Crippen LogP contribution in [0.2, 0.25) is 0 Å². The molecule has 2 saturated heterocycles. The molecule has 198 valence electrons. The maximum absolute atomic E-state index is 13.4. The van der Waals surface area contributed by atoms with Crippen LogP contribution in [0.15, 0.2) is 35.5 Å². The van der Waals surface area contributed by atoms with Gasteiger partial charge in [0.05, 0.1) is 17.6 Å². The van der Waals surface area contributed by atoms with E-state index in [-0.39, 0.29) is 18.1 Å². The number of Topliss-reactive ketones (excluding diaryl/α,β-unsaturated/α-hetero) is 1. The van der Waals surface area contributed by atoms with Crippen molar-refractivity contribution >= 4 is 23.7 Å². The average molecular weight is 505 g/mol. The van der Waals surface area contributed by atoms with Crippen LogP contribution >= 0.6 is 0 Å². The van der Waals surface area contributed by atoms with E-state index in [1.54, 1.807) is 46.8 Å². The second-order valence-electron chi connectivity index (χ2n) is 10.3. The van der Waals surface area contributed by atoms with Crippen LogP contribution in [0.3, 0.4) is 0 Å². The third-order valence-electron chi connectivity index (χ3n) is 7.31. The van der Waals surface area contributed by atoms with Crippen molar-refractivity contribution in [3.63, 3.8) is 0 Å². The average Bonchev–Trinajstić information content (AvgIpc) is 3.68. The lowest BCUT2D eigenvalue weighted by Crippen LogP contribution is -2.56. The summed E-state index contributed by atoms with van der Waals surface area (Å²) >= 11 is 0. The number of hydrogen-bond acceptors (Lipinski definition) is 9. The molecule has 7 atom stereocenters. The molecule has 2 aliphatic heterocycles. The monoisotopic (exact) mass is 504 g/mol. The van der Waals surface area contributed by atoms with Crippen LogP contribution in [0.1, 0.15) is 61.8 Å². The first-order chi connectivity index (χ1) is 16.7. The van der Waals surface area contributed by atoms with Gasteiger partial charge in [-0.25, -0.2) is 9.59 Å². The number of allylic oxidation sites excluding steroid dienone is 2. The number of fused-ring (bicyclic) bond motifs is 1. The summed E-state index contributed by atoms with van der Waals surface area (Å²) in [5, 5.41) is 0. The zero-order valence-electron chi connectivity index (χ0n) is 22.2. The van der Waals surface area contributed by atoms with E-state index in [1.807, 2.05) is 13.8 Å². The number of ether oxygens (including phenoxy) is 5. The van der Waals surface area contributed by atoms with Gasteiger partial charge < -0.3 is 23.7 Å². The van der Waals surface area contributed by atoms with E-state index in [0.29, 0.717) is 11.1 Å². The Balaban J connectivity index is 2.01. The van der Waals surface area contributed by atoms with Crippen molar-refractivity contribution in [2.75, 3.05) is 0 Å². The van der Waals surface area contributed by atoms with Crippen LogP contribution < -0.4 is 0 Å². The normalized spacial score (nSPS) is 33.7. The van der Waals surface area contributed by atoms with Crippen molar-refractivity contribution < 1.29 is 42.9 Å². The molecule has 9 nitrogen and oxygen atoms in total. The number of carbonyl (C=O) groups is 4. The van der Waals surface area contributed by atoms with Gasteiger partial charge in [-0.2, -0.15) is 0 Å². The highest BCUT2D eigenvalue weighted by atomic mass is 16.7. The molecule has 3 aliphatic rings. The lowest BCUT2D eigenvalue weighted by atomic mass is 9.72. The zero-order valence-corrected chi connectivity index (χ0v) is 22.2. The largest absolute Gasteiger partial charge is 0.455 e. The van der Waals surface area contributed by atoms with Crippen molar-refractivity contribution in [1.29, 1.82) is 0 Å². The lowest BCUT2D eigenvalue weighted by molar-refractivity contribution is -0.168. The first-order valence-electron chi connectivity index (χ1n) is 12.1. The van der Waals surface area contributed by atoms with Gasteiger partial charge in [0.15, 0.2) is 11.7 Å². The standard InChI is InChI=1S/C27H36O9/c1-10-13(3)24(30)33-17(12-18-26(7,8)35-18)15(5)19-20(32-16(6)28)22(29)27(9)23(36-27)21(19)34-25(31)14(4)11-2/h10-11,17-21,23H,5,12H2,1-4,6-9H3/b13-10+,14-11+/t17-,18+,19-,20-,21-,23-,27+/m0/s1. The van der Waals surface area contributed by atoms with Crippen LogP contribution in [0.25, 0.3) is 0 Å². The van der Waals surface area contributed by atoms with Gasteiger partial charge in [0, 0.05) is 24.5 Å². The van der Waals surface area contributed by atoms with E-state index in [0.717, 1.165) is 0 Å². The summed E-state index contributed by atoms with van der Waals surface area (Å²) in [5.41, 5.74) is -0.634. The zero-order chi connectivity index (χ0) is 27.2. The Hall–Kier alpha value is -2.78. The SMILES string of the molecule is C=C([C@@H]1[C@H](OC(=O)/C(C)=C/C)[C@@H]2O[C@]2(C)C(=O)[C@H]1OC(C)=O)[C@H](C[C@H]1OC1(C)C)OC(=O)/C(C)=C/C. The van der Waals surface area contributed by atoms with Gasteiger partial charge in [0.2, 0.25) is 5.78 Å². The van der Waals surface area contributed by atoms with E-state index in [9.17, 15) is 19.2 Å². The van der Waals surface area contributed by atoms with Gasteiger partial charge in [0.1, 0.15) is 18.3 Å². The van der Waals surface area contributed by atoms with Crippen molar-refractivity contribution in [3.8, 4) is 0 Å². The van der Waals surface area contributed by atoms with Crippen molar-refractivity contribution in [3.05, 3.63) is 35.5 Å². The summed E-state index contributed by atoms with van der Waals surface area (Å²) in [5.74, 6) is -3.30. The van der Waals surface area contributed by atoms with Crippen LogP contribution in [0.5, 0.6) is 0 Å². The Bertz CT molecular complexity index is 1040. The Morgan fingerprint density at radius 1 is 1.00 bits per heavy atom. The summed E-state index contributed by atoms with van der Waals surface area (Å²) in [6, 6.07) is 0. The molecule has 1 saturated carbocycles. The van der Waals surface area contributed by atoms with E-state index in [2.05, 4.69) is 6.58 Å². The molecule has 0 radical (unpaired) electrons. The van der Waals surface area contributed by atoms with Gasteiger partial charge in [-0.3, -0.25) is 9.59 Å². The molecule has 3 rings (SSSR count). The molecule has 9 heteroatoms. The Morgan fingerprint density at radius 3 is 2.06 bits per heavy atom. The number of hydrogen-bond donors (Lipinski definition) is 0. The summed E-state index contributed by atoms with van der Waals surface area (Å²) < 4.78 is 28.5. The molecular formula is C27H36O9. The lowest BCUT2D eigenvalue weighted by Gasteiger charge is -2.38. The van der Waals surface area contributed by atoms with Gasteiger partial charge in [-0.05, 0) is 54.0 Å². The van der Waals surface area contributed by atoms with Gasteiger partial charge >= 0.3 is 17.9 Å². The smallest absolute Gasteiger partial charge is 0.333 e. The second kappa shape index (κ2) is 9.94. The van der Waals surface area contributed by atoms with Gasteiger partial charge in [-0.15, -0.1) is 0 Å². The predicted molar refractivity (Wildman–Crippen MR) is 129 cm³/mol. The van der Waals surface area contributed by atoms with Crippen LogP contribution in [0, 0.1) is 5.92 Å². The van der Waals surface area contributed by atoms with E-state index in [1.165, 1.54) is 6.92 Å². The third kappa shape index (κ3) is 5.32. The fraction of sp³-hybridized carbons (Fsp3) is 0.630. The number of esters is 3. The summed E-state index contributed by atoms with van der Waals surface area (Å²) in [4.78, 5) is 50.9. The molecule has 0 aromatic heterocycles. The number of rotatable bonds is 9. The summed E-state index contributed by atoms with van der Waals surface area (Å²) in [7, 11) is 0. The maximum atomic E-state index is 13.4. The second-order valence-corrected chi connectivity index (χ2v) is 10.3. The van der Waals surface area contributed by atoms with E-state index < -0.39 is 65.2 Å². The fourth-order valence-electron chi connectivity index (χ4n) is 4.48. The van der Waals surface area contributed by atoms with Crippen molar-refractivity contribution in [2.24, 2.45) is 5.92 Å². The summed E-state index contributed by atoms with van der Waals surface area (Å²) in [6.45, 7) is 17.4. The minimum atomic E-state index is -1.33. The minimum Gasteiger partial charge on any atom is -0.455 e. The molecule has 0 spiro atoms. The molecule has 2 heterocycles. The first-order valence-corrected chi connectivity index (χ1v) is 12.1. The maximum Gasteiger partial charge on any atom is 0.333 e. The quantitative estimate of drug-likeness (QED) is 0.153. The highest BCUT2D eigenvalue weighted by Crippen LogP contribution is 2.52. The van der Waals surface area contributed by atoms with Crippen molar-refractivity contribution in [2.45, 2.75) is 104 Å². The minimum absolute atomic E-state index is 0.224. The molecule has 0 aromatic rings. The van der Waals surface area contributed by atoms with E-state index in [4.69, 9.17) is 23.7 Å². The molecule has 0 aromatic carbocycles. The van der Waals surface area contributed by atoms with Crippen LogP contribution in [0.4, 0.5) is 0 Å². The highest BCUT2D eigenvalue weighted by molar-refractivity contribution is 5.97. The molecule has 0 N–H and O–H groups in total. The fourth-order valence-corrected chi connectivity index (χ4v) is 4.48. The molecule has 3 fully saturated rings. The van der Waals surface area contributed by atoms with Crippen molar-refractivity contribution in [1.82, 2.24) is 0 Å². The predicted octanol–water partition coefficient (Wildman–Crippen LogP) is 3.15. The molecule has 36 heavy (non-hydrogen) atoms.